The average Bonchev–Trinajstić information content (AvgIpc) is 3.09. The van der Waals surface area contributed by atoms with Crippen molar-refractivity contribution in [1.82, 2.24) is 14.5 Å². The number of hydrogen-bond acceptors (Lipinski definition) is 11. The van der Waals surface area contributed by atoms with E-state index in [0.717, 1.165) is 11.6 Å². The Labute approximate surface area is 293 Å². The summed E-state index contributed by atoms with van der Waals surface area (Å²) in [7, 11) is 6.47. The topological polar surface area (TPSA) is 181 Å². The highest BCUT2D eigenvalue weighted by atomic mass is 35.5. The summed E-state index contributed by atoms with van der Waals surface area (Å²) < 4.78 is 27.3. The summed E-state index contributed by atoms with van der Waals surface area (Å²) >= 11 is 6.43. The van der Waals surface area contributed by atoms with Crippen molar-refractivity contribution in [2.75, 3.05) is 38.5 Å². The normalized spacial score (nSPS) is 12.5. The van der Waals surface area contributed by atoms with Crippen molar-refractivity contribution in [1.29, 1.82) is 5.26 Å². The van der Waals surface area contributed by atoms with E-state index in [0.29, 0.717) is 11.7 Å². The van der Waals surface area contributed by atoms with Crippen molar-refractivity contribution in [2.24, 2.45) is 16.6 Å². The van der Waals surface area contributed by atoms with Crippen LogP contribution in [0.2, 0.25) is 5.02 Å². The number of hydrogen-bond donors (Lipinski definition) is 3. The number of methoxy groups -OCH3 is 2. The first-order valence-corrected chi connectivity index (χ1v) is 15.5. The molecule has 0 bridgehead atoms. The molecule has 0 aliphatic heterocycles. The number of nitriles is 1. The standard InChI is InChI=1S/C35H36ClFN8O5/c1-19(2)30(42-27-16-40-35(44(3)4)43-32(27)50-6)28(29(39)34(47)48)31(21-9-10-22(15-38)26(37)13-21)41-23-14-25(36)33(46)45(18-23)17-20-7-11-24(49-5)12-8-20/h7-14,16,18-19,31,41H,17,39H2,1-6H3,(H,47,48)/b29-28+,42-30?. The van der Waals surface area contributed by atoms with Gasteiger partial charge in [0.15, 0.2) is 0 Å². The monoisotopic (exact) mass is 702 g/mol. The molecule has 4 N–H and O–H groups in total. The Morgan fingerprint density at radius 3 is 2.44 bits per heavy atom. The Morgan fingerprint density at radius 2 is 1.88 bits per heavy atom. The van der Waals surface area contributed by atoms with Crippen LogP contribution in [-0.4, -0.2) is 59.6 Å². The van der Waals surface area contributed by atoms with E-state index in [2.05, 4.69) is 15.3 Å². The third-order valence-corrected chi connectivity index (χ3v) is 7.77. The molecule has 1 unspecified atom stereocenters. The van der Waals surface area contributed by atoms with Crippen molar-refractivity contribution in [3.05, 3.63) is 110 Å². The maximum atomic E-state index is 15.2. The number of aromatic nitrogens is 3. The Kier molecular flexibility index (Phi) is 11.8. The minimum absolute atomic E-state index is 0.0284. The van der Waals surface area contributed by atoms with Crippen LogP contribution in [0.3, 0.4) is 0 Å². The molecule has 4 rings (SSSR count). The van der Waals surface area contributed by atoms with Gasteiger partial charge >= 0.3 is 5.97 Å². The average molecular weight is 703 g/mol. The molecule has 0 saturated carbocycles. The predicted molar refractivity (Wildman–Crippen MR) is 189 cm³/mol. The van der Waals surface area contributed by atoms with E-state index >= 15 is 4.39 Å². The van der Waals surface area contributed by atoms with E-state index < -0.39 is 35.0 Å². The van der Waals surface area contributed by atoms with E-state index in [9.17, 15) is 20.0 Å². The summed E-state index contributed by atoms with van der Waals surface area (Å²) in [6.45, 7) is 3.69. The van der Waals surface area contributed by atoms with Gasteiger partial charge < -0.3 is 35.1 Å². The van der Waals surface area contributed by atoms with Gasteiger partial charge in [-0.1, -0.05) is 43.6 Å². The van der Waals surface area contributed by atoms with Crippen LogP contribution in [0.4, 0.5) is 21.7 Å². The summed E-state index contributed by atoms with van der Waals surface area (Å²) in [4.78, 5) is 40.9. The van der Waals surface area contributed by atoms with Gasteiger partial charge in [0.25, 0.3) is 5.56 Å². The van der Waals surface area contributed by atoms with Gasteiger partial charge in [0.05, 0.1) is 50.0 Å². The van der Waals surface area contributed by atoms with Crippen LogP contribution in [-0.2, 0) is 11.3 Å². The van der Waals surface area contributed by atoms with E-state index in [4.69, 9.17) is 31.8 Å². The van der Waals surface area contributed by atoms with Crippen molar-refractivity contribution in [3.8, 4) is 17.7 Å². The number of carbonyl (C=O) groups is 1. The Bertz CT molecular complexity index is 2060. The number of carboxylic acid groups (broad SMARTS) is 1. The van der Waals surface area contributed by atoms with Crippen LogP contribution in [0.1, 0.15) is 36.6 Å². The lowest BCUT2D eigenvalue weighted by molar-refractivity contribution is -0.132. The molecule has 13 nitrogen and oxygen atoms in total. The second-order valence-electron chi connectivity index (χ2n) is 11.5. The molecule has 2 aromatic carbocycles. The molecule has 260 valence electrons. The highest BCUT2D eigenvalue weighted by molar-refractivity contribution is 6.30. The number of nitrogens with two attached hydrogens (primary N) is 1. The first kappa shape index (κ1) is 36.9. The van der Waals surface area contributed by atoms with Crippen LogP contribution < -0.4 is 31.0 Å². The van der Waals surface area contributed by atoms with Crippen molar-refractivity contribution >= 4 is 40.6 Å². The maximum absolute atomic E-state index is 15.2. The first-order chi connectivity index (χ1) is 23.8. The Morgan fingerprint density at radius 1 is 1.18 bits per heavy atom. The SMILES string of the molecule is COc1ccc(Cn2cc(NC(/C(C(=Nc3cnc(N(C)C)nc3OC)C(C)C)=C(/N)C(=O)O)c3ccc(C#N)c(F)c3)cc(Cl)c2=O)cc1. The fourth-order valence-electron chi connectivity index (χ4n) is 4.99. The third kappa shape index (κ3) is 8.37. The molecule has 0 fully saturated rings. The number of aliphatic imine (C=N–C) groups is 1. The second-order valence-corrected chi connectivity index (χ2v) is 11.9. The zero-order valence-electron chi connectivity index (χ0n) is 28.2. The van der Waals surface area contributed by atoms with Crippen molar-refractivity contribution in [3.63, 3.8) is 0 Å². The Hall–Kier alpha value is -5.94. The summed E-state index contributed by atoms with van der Waals surface area (Å²) in [6, 6.07) is 12.9. The highest BCUT2D eigenvalue weighted by Gasteiger charge is 2.30. The van der Waals surface area contributed by atoms with E-state index in [1.165, 1.54) is 42.3 Å². The van der Waals surface area contributed by atoms with Gasteiger partial charge in [0.1, 0.15) is 34.0 Å². The number of aliphatic carboxylic acids is 1. The molecule has 15 heteroatoms. The number of nitrogens with zero attached hydrogens (tertiary/aromatic N) is 6. The number of benzene rings is 2. The largest absolute Gasteiger partial charge is 0.497 e. The van der Waals surface area contributed by atoms with Gasteiger partial charge in [-0.2, -0.15) is 10.2 Å². The van der Waals surface area contributed by atoms with Crippen LogP contribution in [0.25, 0.3) is 0 Å². The van der Waals surface area contributed by atoms with Crippen LogP contribution >= 0.6 is 11.6 Å². The van der Waals surface area contributed by atoms with E-state index in [1.807, 2.05) is 0 Å². The second kappa shape index (κ2) is 16.0. The number of carboxylic acids is 1. The molecule has 0 radical (unpaired) electrons. The molecule has 2 heterocycles. The number of halogens is 2. The lowest BCUT2D eigenvalue weighted by Crippen LogP contribution is -2.29. The molecule has 4 aromatic rings. The smallest absolute Gasteiger partial charge is 0.352 e. The van der Waals surface area contributed by atoms with Crippen molar-refractivity contribution < 1.29 is 23.8 Å². The van der Waals surface area contributed by atoms with E-state index in [-0.39, 0.29) is 51.2 Å². The molecular formula is C35H36ClFN8O5. The summed E-state index contributed by atoms with van der Waals surface area (Å²) in [5.74, 6) is -1.68. The fraction of sp³-hybridized carbons (Fsp3) is 0.257. The first-order valence-electron chi connectivity index (χ1n) is 15.2. The number of ether oxygens (including phenoxy) is 2. The number of pyridine rings is 1. The molecule has 0 aliphatic rings. The zero-order valence-corrected chi connectivity index (χ0v) is 29.0. The molecule has 0 amide bonds. The van der Waals surface area contributed by atoms with Crippen LogP contribution in [0.5, 0.6) is 11.6 Å². The van der Waals surface area contributed by atoms with Gasteiger partial charge in [-0.15, -0.1) is 0 Å². The fourth-order valence-corrected chi connectivity index (χ4v) is 5.22. The summed E-state index contributed by atoms with van der Waals surface area (Å²) in [5.41, 5.74) is 6.62. The number of rotatable bonds is 13. The van der Waals surface area contributed by atoms with Gasteiger partial charge in [-0.25, -0.2) is 19.2 Å². The minimum atomic E-state index is -1.47. The zero-order chi connectivity index (χ0) is 36.7. The third-order valence-electron chi connectivity index (χ3n) is 7.50. The van der Waals surface area contributed by atoms with Gasteiger partial charge in [-0.3, -0.25) is 4.79 Å². The Balaban J connectivity index is 1.96. The van der Waals surface area contributed by atoms with Crippen molar-refractivity contribution in [2.45, 2.75) is 26.4 Å². The van der Waals surface area contributed by atoms with E-state index in [1.54, 1.807) is 70.3 Å². The lowest BCUT2D eigenvalue weighted by Gasteiger charge is -2.28. The highest BCUT2D eigenvalue weighted by Crippen LogP contribution is 2.35. The molecule has 1 atom stereocenters. The minimum Gasteiger partial charge on any atom is -0.497 e. The number of nitrogens with one attached hydrogen (secondary N) is 1. The molecular weight excluding hydrogens is 667 g/mol. The molecule has 0 aliphatic carbocycles. The van der Waals surface area contributed by atoms with Gasteiger partial charge in [0, 0.05) is 25.9 Å². The van der Waals surface area contributed by atoms with Crippen LogP contribution in [0, 0.1) is 23.1 Å². The maximum Gasteiger partial charge on any atom is 0.352 e. The molecule has 0 spiro atoms. The van der Waals surface area contributed by atoms with Crippen LogP contribution in [0.15, 0.2) is 82.0 Å². The predicted octanol–water partition coefficient (Wildman–Crippen LogP) is 5.31. The summed E-state index contributed by atoms with van der Waals surface area (Å²) in [5, 5.41) is 22.7. The summed E-state index contributed by atoms with van der Waals surface area (Å²) in [6.07, 6.45) is 2.93. The van der Waals surface area contributed by atoms with Gasteiger partial charge in [0.2, 0.25) is 11.8 Å². The molecule has 2 aromatic heterocycles. The lowest BCUT2D eigenvalue weighted by atomic mass is 9.87. The van der Waals surface area contributed by atoms with Gasteiger partial charge in [-0.05, 0) is 47.4 Å². The number of anilines is 2. The molecule has 0 saturated heterocycles. The quantitative estimate of drug-likeness (QED) is 0.121. The molecule has 50 heavy (non-hydrogen) atoms.